The molecule has 4 heteroatoms. The van der Waals surface area contributed by atoms with Crippen LogP contribution in [0.25, 0.3) is 60.6 Å². The van der Waals surface area contributed by atoms with Crippen molar-refractivity contribution >= 4 is 66.4 Å². The second kappa shape index (κ2) is 10.6. The zero-order valence-electron chi connectivity index (χ0n) is 24.5. The van der Waals surface area contributed by atoms with Crippen LogP contribution in [0.1, 0.15) is 16.9 Å². The third-order valence-electron chi connectivity index (χ3n) is 8.76. The minimum Gasteiger partial charge on any atom is -0.436 e. The number of fused-ring (bicyclic) bond motifs is 6. The fourth-order valence-electron chi connectivity index (χ4n) is 6.54. The van der Waals surface area contributed by atoms with Crippen molar-refractivity contribution in [3.63, 3.8) is 0 Å². The molecular formula is C41H28N2OS. The van der Waals surface area contributed by atoms with Crippen molar-refractivity contribution in [1.82, 2.24) is 4.98 Å². The lowest BCUT2D eigenvalue weighted by Crippen LogP contribution is -2.10. The number of aryl methyl sites for hydroxylation is 1. The first-order chi connectivity index (χ1) is 22.3. The van der Waals surface area contributed by atoms with Crippen LogP contribution in [0.2, 0.25) is 0 Å². The topological polar surface area (TPSA) is 29.3 Å². The van der Waals surface area contributed by atoms with Gasteiger partial charge in [0.05, 0.1) is 0 Å². The van der Waals surface area contributed by atoms with Crippen molar-refractivity contribution in [2.75, 3.05) is 4.90 Å². The van der Waals surface area contributed by atoms with Gasteiger partial charge >= 0.3 is 0 Å². The van der Waals surface area contributed by atoms with Gasteiger partial charge in [-0.3, -0.25) is 0 Å². The van der Waals surface area contributed by atoms with Gasteiger partial charge in [0, 0.05) is 37.6 Å². The predicted octanol–water partition coefficient (Wildman–Crippen LogP) is 12.0. The molecule has 6 aromatic carbocycles. The Morgan fingerprint density at radius 1 is 0.622 bits per heavy atom. The number of rotatable bonds is 5. The molecule has 8 aromatic rings. The van der Waals surface area contributed by atoms with Crippen LogP contribution in [-0.4, -0.2) is 4.98 Å². The molecule has 0 saturated heterocycles. The van der Waals surface area contributed by atoms with Crippen LogP contribution in [0.3, 0.4) is 0 Å². The molecule has 0 saturated carbocycles. The Morgan fingerprint density at radius 3 is 2.16 bits per heavy atom. The molecule has 0 bridgehead atoms. The normalized spacial score (nSPS) is 12.6. The number of benzene rings is 6. The summed E-state index contributed by atoms with van der Waals surface area (Å²) in [4.78, 5) is 8.69. The van der Waals surface area contributed by atoms with Crippen LogP contribution in [0.4, 0.5) is 17.1 Å². The molecule has 1 aliphatic rings. The van der Waals surface area contributed by atoms with E-state index in [0.29, 0.717) is 5.89 Å². The number of hydrogen-bond acceptors (Lipinski definition) is 4. The van der Waals surface area contributed by atoms with E-state index in [4.69, 9.17) is 9.40 Å². The van der Waals surface area contributed by atoms with Crippen LogP contribution in [-0.2, 0) is 6.42 Å². The Labute approximate surface area is 265 Å². The summed E-state index contributed by atoms with van der Waals surface area (Å²) in [5.41, 5.74) is 9.92. The first-order valence-corrected chi connectivity index (χ1v) is 16.2. The smallest absolute Gasteiger partial charge is 0.227 e. The molecule has 0 fully saturated rings. The molecule has 0 unspecified atom stereocenters. The molecule has 0 N–H and O–H groups in total. The summed E-state index contributed by atoms with van der Waals surface area (Å²) in [7, 11) is 0. The van der Waals surface area contributed by atoms with E-state index in [1.807, 2.05) is 47.7 Å². The van der Waals surface area contributed by atoms with Gasteiger partial charge in [-0.2, -0.15) is 0 Å². The molecule has 2 heterocycles. The van der Waals surface area contributed by atoms with Crippen molar-refractivity contribution < 1.29 is 4.42 Å². The van der Waals surface area contributed by atoms with Gasteiger partial charge in [-0.15, -0.1) is 11.3 Å². The van der Waals surface area contributed by atoms with Gasteiger partial charge in [-0.25, -0.2) is 4.98 Å². The third kappa shape index (κ3) is 4.54. The van der Waals surface area contributed by atoms with Crippen LogP contribution in [0.15, 0.2) is 144 Å². The minimum atomic E-state index is 0.643. The summed E-state index contributed by atoms with van der Waals surface area (Å²) in [5.74, 6) is 0.643. The summed E-state index contributed by atoms with van der Waals surface area (Å²) in [5, 5.41) is 3.56. The average molecular weight is 597 g/mol. The summed E-state index contributed by atoms with van der Waals surface area (Å²) in [6.45, 7) is 0. The van der Waals surface area contributed by atoms with Crippen LogP contribution < -0.4 is 4.90 Å². The summed E-state index contributed by atoms with van der Waals surface area (Å²) >= 11 is 1.89. The fraction of sp³-hybridized carbons (Fsp3) is 0.0488. The second-order valence-electron chi connectivity index (χ2n) is 11.5. The fourth-order valence-corrected chi connectivity index (χ4v) is 7.70. The van der Waals surface area contributed by atoms with Gasteiger partial charge in [-0.1, -0.05) is 72.8 Å². The summed E-state index contributed by atoms with van der Waals surface area (Å²) < 4.78 is 7.52. The van der Waals surface area contributed by atoms with Gasteiger partial charge in [0.25, 0.3) is 0 Å². The zero-order valence-corrected chi connectivity index (χ0v) is 25.3. The van der Waals surface area contributed by atoms with Crippen molar-refractivity contribution in [2.45, 2.75) is 12.8 Å². The van der Waals surface area contributed by atoms with Crippen molar-refractivity contribution in [3.8, 4) is 22.6 Å². The van der Waals surface area contributed by atoms with Crippen LogP contribution in [0, 0.1) is 0 Å². The largest absolute Gasteiger partial charge is 0.436 e. The van der Waals surface area contributed by atoms with Crippen LogP contribution in [0.5, 0.6) is 0 Å². The highest BCUT2D eigenvalue weighted by molar-refractivity contribution is 7.20. The molecule has 9 rings (SSSR count). The quantitative estimate of drug-likeness (QED) is 0.198. The molecule has 214 valence electrons. The standard InChI is InChI=1S/C41H28N2OS/c1-3-9-27(10-4-1)28-15-18-31(19-16-28)43(33-21-24-39-36(26-33)35-13-7-8-14-38(35)45-39)32-20-22-34-30(25-32)17-23-37-40(34)42-41(44-37)29-11-5-2-6-12-29/h1-6,8-12,14-26H,7,13H2. The van der Waals surface area contributed by atoms with E-state index < -0.39 is 0 Å². The summed E-state index contributed by atoms with van der Waals surface area (Å²) in [6, 6.07) is 47.3. The maximum atomic E-state index is 6.18. The van der Waals surface area contributed by atoms with Crippen molar-refractivity contribution in [2.24, 2.45) is 0 Å². The predicted molar refractivity (Wildman–Crippen MR) is 190 cm³/mol. The molecular weight excluding hydrogens is 569 g/mol. The molecule has 0 atom stereocenters. The highest BCUT2D eigenvalue weighted by Crippen LogP contribution is 2.42. The summed E-state index contributed by atoms with van der Waals surface area (Å²) in [6.07, 6.45) is 6.78. The number of hydrogen-bond donors (Lipinski definition) is 0. The maximum absolute atomic E-state index is 6.18. The molecule has 45 heavy (non-hydrogen) atoms. The lowest BCUT2D eigenvalue weighted by Gasteiger charge is -2.26. The lowest BCUT2D eigenvalue weighted by atomic mass is 10.0. The Balaban J connectivity index is 1.19. The average Bonchev–Trinajstić information content (AvgIpc) is 3.72. The van der Waals surface area contributed by atoms with E-state index in [9.17, 15) is 0 Å². The van der Waals surface area contributed by atoms with Gasteiger partial charge in [0.15, 0.2) is 5.58 Å². The Hall–Kier alpha value is -5.45. The number of thiophene rings is 1. The maximum Gasteiger partial charge on any atom is 0.227 e. The van der Waals surface area contributed by atoms with Gasteiger partial charge < -0.3 is 9.32 Å². The Kier molecular flexibility index (Phi) is 6.13. The first-order valence-electron chi connectivity index (χ1n) is 15.3. The lowest BCUT2D eigenvalue weighted by molar-refractivity contribution is 0.620. The van der Waals surface area contributed by atoms with Gasteiger partial charge in [0.1, 0.15) is 5.52 Å². The van der Waals surface area contributed by atoms with Gasteiger partial charge in [-0.05, 0) is 113 Å². The Morgan fingerprint density at radius 2 is 1.33 bits per heavy atom. The minimum absolute atomic E-state index is 0.643. The molecule has 0 radical (unpaired) electrons. The molecule has 3 nitrogen and oxygen atoms in total. The van der Waals surface area contributed by atoms with Crippen molar-refractivity contribution in [3.05, 3.63) is 150 Å². The highest BCUT2D eigenvalue weighted by atomic mass is 32.1. The number of nitrogens with zero attached hydrogens (tertiary/aromatic N) is 2. The molecule has 0 spiro atoms. The third-order valence-corrected chi connectivity index (χ3v) is 9.94. The zero-order chi connectivity index (χ0) is 29.7. The molecule has 2 aromatic heterocycles. The van der Waals surface area contributed by atoms with Crippen LogP contribution >= 0.6 is 11.3 Å². The van der Waals surface area contributed by atoms with E-state index in [0.717, 1.165) is 57.3 Å². The molecule has 0 amide bonds. The van der Waals surface area contributed by atoms with E-state index in [1.54, 1.807) is 0 Å². The second-order valence-corrected chi connectivity index (χ2v) is 12.6. The monoisotopic (exact) mass is 596 g/mol. The van der Waals surface area contributed by atoms with E-state index in [-0.39, 0.29) is 0 Å². The number of oxazole rings is 1. The number of anilines is 3. The van der Waals surface area contributed by atoms with Gasteiger partial charge in [0.2, 0.25) is 5.89 Å². The van der Waals surface area contributed by atoms with Crippen molar-refractivity contribution in [1.29, 1.82) is 0 Å². The number of allylic oxidation sites excluding steroid dienone is 1. The molecule has 0 aliphatic heterocycles. The number of aromatic nitrogens is 1. The SMILES string of the molecule is C1=Cc2sc3ccc(N(c4ccc(-c5ccccc5)cc4)c4ccc5c(ccc6oc(-c7ccccc7)nc65)c4)cc3c2CC1. The first kappa shape index (κ1) is 26.0. The Bertz CT molecular complexity index is 2370. The molecule has 1 aliphatic carbocycles. The van der Waals surface area contributed by atoms with E-state index in [2.05, 4.69) is 114 Å². The highest BCUT2D eigenvalue weighted by Gasteiger charge is 2.19. The van der Waals surface area contributed by atoms with E-state index in [1.165, 1.54) is 31.7 Å². The van der Waals surface area contributed by atoms with E-state index >= 15 is 0 Å².